The van der Waals surface area contributed by atoms with Gasteiger partial charge >= 0.3 is 0 Å². The largest absolute Gasteiger partial charge is 0.495 e. The van der Waals surface area contributed by atoms with Crippen molar-refractivity contribution in [3.05, 3.63) is 29.3 Å². The van der Waals surface area contributed by atoms with Crippen LogP contribution in [-0.4, -0.2) is 20.3 Å². The molecule has 0 spiro atoms. The standard InChI is InChI=1S/C18H25NO2/c1-20-18-10-9-16(12-17(18)8-5-11-19)14-21-13-15-6-3-2-4-7-15/h9-10,12,15H,2-4,6-7,11,13-14,19H2,1H3. The van der Waals surface area contributed by atoms with E-state index in [9.17, 15) is 0 Å². The van der Waals surface area contributed by atoms with E-state index < -0.39 is 0 Å². The van der Waals surface area contributed by atoms with Gasteiger partial charge in [-0.3, -0.25) is 0 Å². The van der Waals surface area contributed by atoms with Gasteiger partial charge in [-0.15, -0.1) is 0 Å². The Balaban J connectivity index is 1.90. The first-order valence-corrected chi connectivity index (χ1v) is 7.77. The molecule has 0 saturated heterocycles. The SMILES string of the molecule is COc1ccc(COCC2CCCCC2)cc1C#CCN. The van der Waals surface area contributed by atoms with Crippen LogP contribution in [0, 0.1) is 17.8 Å². The first kappa shape index (κ1) is 15.9. The third kappa shape index (κ3) is 5.08. The van der Waals surface area contributed by atoms with Gasteiger partial charge in [-0.1, -0.05) is 37.2 Å². The van der Waals surface area contributed by atoms with Crippen LogP contribution in [-0.2, 0) is 11.3 Å². The maximum absolute atomic E-state index is 5.88. The van der Waals surface area contributed by atoms with Crippen molar-refractivity contribution in [1.29, 1.82) is 0 Å². The Bertz CT molecular complexity index is 496. The number of nitrogens with two attached hydrogens (primary N) is 1. The minimum Gasteiger partial charge on any atom is -0.495 e. The topological polar surface area (TPSA) is 44.5 Å². The molecule has 0 bridgehead atoms. The van der Waals surface area contributed by atoms with Crippen LogP contribution in [0.3, 0.4) is 0 Å². The highest BCUT2D eigenvalue weighted by atomic mass is 16.5. The Morgan fingerprint density at radius 1 is 1.24 bits per heavy atom. The summed E-state index contributed by atoms with van der Waals surface area (Å²) in [5.74, 6) is 7.45. The van der Waals surface area contributed by atoms with Crippen molar-refractivity contribution in [2.75, 3.05) is 20.3 Å². The van der Waals surface area contributed by atoms with E-state index in [1.54, 1.807) is 7.11 Å². The van der Waals surface area contributed by atoms with Crippen LogP contribution in [0.1, 0.15) is 43.2 Å². The quantitative estimate of drug-likeness (QED) is 0.846. The molecule has 1 fully saturated rings. The third-order valence-electron chi connectivity index (χ3n) is 3.94. The van der Waals surface area contributed by atoms with Crippen molar-refractivity contribution >= 4 is 0 Å². The Kier molecular flexibility index (Phi) is 6.59. The molecule has 0 radical (unpaired) electrons. The van der Waals surface area contributed by atoms with E-state index in [2.05, 4.69) is 11.8 Å². The smallest absolute Gasteiger partial charge is 0.134 e. The minimum atomic E-state index is 0.353. The summed E-state index contributed by atoms with van der Waals surface area (Å²) in [5.41, 5.74) is 7.44. The molecule has 3 nitrogen and oxygen atoms in total. The molecule has 3 heteroatoms. The van der Waals surface area contributed by atoms with Crippen molar-refractivity contribution in [2.45, 2.75) is 38.7 Å². The first-order chi connectivity index (χ1) is 10.3. The average Bonchev–Trinajstić information content (AvgIpc) is 2.54. The van der Waals surface area contributed by atoms with Crippen LogP contribution >= 0.6 is 0 Å². The molecule has 2 rings (SSSR count). The monoisotopic (exact) mass is 287 g/mol. The Morgan fingerprint density at radius 2 is 2.05 bits per heavy atom. The second-order valence-corrected chi connectivity index (χ2v) is 5.56. The van der Waals surface area contributed by atoms with E-state index in [-0.39, 0.29) is 0 Å². The molecule has 2 N–H and O–H groups in total. The predicted molar refractivity (Wildman–Crippen MR) is 85.2 cm³/mol. The third-order valence-corrected chi connectivity index (χ3v) is 3.94. The van der Waals surface area contributed by atoms with Gasteiger partial charge in [0.05, 0.1) is 25.8 Å². The summed E-state index contributed by atoms with van der Waals surface area (Å²) in [6, 6.07) is 6.01. The number of hydrogen-bond donors (Lipinski definition) is 1. The van der Waals surface area contributed by atoms with Crippen molar-refractivity contribution in [3.8, 4) is 17.6 Å². The molecule has 21 heavy (non-hydrogen) atoms. The number of methoxy groups -OCH3 is 1. The van der Waals surface area contributed by atoms with E-state index in [1.807, 2.05) is 18.2 Å². The summed E-state index contributed by atoms with van der Waals surface area (Å²) < 4.78 is 11.2. The van der Waals surface area contributed by atoms with Crippen LogP contribution < -0.4 is 10.5 Å². The molecule has 1 aromatic carbocycles. The molecule has 1 saturated carbocycles. The summed E-state index contributed by atoms with van der Waals surface area (Å²) in [7, 11) is 1.65. The van der Waals surface area contributed by atoms with Gasteiger partial charge in [-0.05, 0) is 36.5 Å². The number of benzene rings is 1. The Labute approximate surface area is 127 Å². The van der Waals surface area contributed by atoms with E-state index >= 15 is 0 Å². The lowest BCUT2D eigenvalue weighted by Gasteiger charge is -2.21. The van der Waals surface area contributed by atoms with Crippen LogP contribution in [0.2, 0.25) is 0 Å². The fourth-order valence-electron chi connectivity index (χ4n) is 2.79. The van der Waals surface area contributed by atoms with Gasteiger partial charge in [0.25, 0.3) is 0 Å². The number of ether oxygens (including phenoxy) is 2. The molecular formula is C18H25NO2. The summed E-state index contributed by atoms with van der Waals surface area (Å²) in [5, 5.41) is 0. The fourth-order valence-corrected chi connectivity index (χ4v) is 2.79. The molecule has 1 aromatic rings. The molecule has 1 aliphatic rings. The van der Waals surface area contributed by atoms with Crippen LogP contribution in [0.15, 0.2) is 18.2 Å². The zero-order valence-corrected chi connectivity index (χ0v) is 12.9. The lowest BCUT2D eigenvalue weighted by molar-refractivity contribution is 0.0739. The zero-order chi connectivity index (χ0) is 14.9. The average molecular weight is 287 g/mol. The fraction of sp³-hybridized carbons (Fsp3) is 0.556. The summed E-state index contributed by atoms with van der Waals surface area (Å²) in [6.07, 6.45) is 6.73. The Hall–Kier alpha value is -1.50. The molecule has 0 aliphatic heterocycles. The molecule has 1 aliphatic carbocycles. The van der Waals surface area contributed by atoms with Gasteiger partial charge in [0.1, 0.15) is 5.75 Å². The Morgan fingerprint density at radius 3 is 2.76 bits per heavy atom. The highest BCUT2D eigenvalue weighted by molar-refractivity contribution is 5.48. The maximum atomic E-state index is 5.88. The molecule has 0 atom stereocenters. The molecule has 0 aromatic heterocycles. The van der Waals surface area contributed by atoms with Gasteiger partial charge in [-0.2, -0.15) is 0 Å². The van der Waals surface area contributed by atoms with E-state index in [4.69, 9.17) is 15.2 Å². The normalized spacial score (nSPS) is 15.3. The summed E-state index contributed by atoms with van der Waals surface area (Å²) in [6.45, 7) is 1.86. The number of rotatable bonds is 5. The molecule has 0 amide bonds. The zero-order valence-electron chi connectivity index (χ0n) is 12.9. The highest BCUT2D eigenvalue weighted by Crippen LogP contribution is 2.24. The van der Waals surface area contributed by atoms with Crippen molar-refractivity contribution in [1.82, 2.24) is 0 Å². The van der Waals surface area contributed by atoms with E-state index in [1.165, 1.54) is 32.1 Å². The number of hydrogen-bond acceptors (Lipinski definition) is 3. The van der Waals surface area contributed by atoms with Gasteiger partial charge in [-0.25, -0.2) is 0 Å². The lowest BCUT2D eigenvalue weighted by Crippen LogP contribution is -2.13. The van der Waals surface area contributed by atoms with Crippen molar-refractivity contribution in [2.24, 2.45) is 11.7 Å². The first-order valence-electron chi connectivity index (χ1n) is 7.77. The van der Waals surface area contributed by atoms with Gasteiger partial charge in [0.2, 0.25) is 0 Å². The summed E-state index contributed by atoms with van der Waals surface area (Å²) in [4.78, 5) is 0. The second kappa shape index (κ2) is 8.71. The van der Waals surface area contributed by atoms with E-state index in [0.29, 0.717) is 13.2 Å². The second-order valence-electron chi connectivity index (χ2n) is 5.56. The van der Waals surface area contributed by atoms with Crippen molar-refractivity contribution < 1.29 is 9.47 Å². The molecule has 114 valence electrons. The van der Waals surface area contributed by atoms with Gasteiger partial charge < -0.3 is 15.2 Å². The molecule has 0 heterocycles. The van der Waals surface area contributed by atoms with Gasteiger partial charge in [0, 0.05) is 6.61 Å². The van der Waals surface area contributed by atoms with Crippen LogP contribution in [0.4, 0.5) is 0 Å². The molecular weight excluding hydrogens is 262 g/mol. The van der Waals surface area contributed by atoms with Gasteiger partial charge in [0.15, 0.2) is 0 Å². The van der Waals surface area contributed by atoms with Crippen molar-refractivity contribution in [3.63, 3.8) is 0 Å². The maximum Gasteiger partial charge on any atom is 0.134 e. The minimum absolute atomic E-state index is 0.353. The highest BCUT2D eigenvalue weighted by Gasteiger charge is 2.13. The van der Waals surface area contributed by atoms with Crippen LogP contribution in [0.5, 0.6) is 5.75 Å². The van der Waals surface area contributed by atoms with E-state index in [0.717, 1.165) is 29.4 Å². The predicted octanol–water partition coefficient (Wildman–Crippen LogP) is 3.10. The summed E-state index contributed by atoms with van der Waals surface area (Å²) >= 11 is 0. The van der Waals surface area contributed by atoms with Crippen LogP contribution in [0.25, 0.3) is 0 Å². The molecule has 0 unspecified atom stereocenters. The lowest BCUT2D eigenvalue weighted by atomic mass is 9.90.